The van der Waals surface area contributed by atoms with Gasteiger partial charge in [0, 0.05) is 13.1 Å². The van der Waals surface area contributed by atoms with Crippen LogP contribution in [-0.4, -0.2) is 42.6 Å². The molecular formula is C14H23N3O2. The highest BCUT2D eigenvalue weighted by molar-refractivity contribution is 5.97. The second-order valence-corrected chi connectivity index (χ2v) is 4.45. The molecule has 0 heterocycles. The molecule has 0 aliphatic rings. The summed E-state index contributed by atoms with van der Waals surface area (Å²) in [6.07, 6.45) is 1.04. The van der Waals surface area contributed by atoms with E-state index in [1.165, 1.54) is 0 Å². The van der Waals surface area contributed by atoms with Gasteiger partial charge in [-0.05, 0) is 30.7 Å². The third-order valence-corrected chi connectivity index (χ3v) is 2.92. The minimum atomic E-state index is 0.00268. The number of rotatable bonds is 8. The number of ether oxygens (including phenoxy) is 1. The second kappa shape index (κ2) is 7.76. The second-order valence-electron chi connectivity index (χ2n) is 4.45. The van der Waals surface area contributed by atoms with Crippen molar-refractivity contribution in [2.24, 2.45) is 5.73 Å². The lowest BCUT2D eigenvalue weighted by molar-refractivity contribution is 0.190. The standard InChI is InChI=1S/C14H23N3O2/c1-3-6-17(7-8-18)10-11-4-5-13(19-2)12(9-11)14(15)16/h4-5,9,18H,3,6-8,10H2,1-2H3,(H3,15,16). The number of amidine groups is 1. The Balaban J connectivity index is 2.88. The Hall–Kier alpha value is -1.59. The molecule has 0 atom stereocenters. The molecule has 4 N–H and O–H groups in total. The van der Waals surface area contributed by atoms with E-state index in [1.54, 1.807) is 7.11 Å². The lowest BCUT2D eigenvalue weighted by Gasteiger charge is -2.21. The van der Waals surface area contributed by atoms with Crippen LogP contribution in [0.2, 0.25) is 0 Å². The van der Waals surface area contributed by atoms with Crippen LogP contribution in [0.3, 0.4) is 0 Å². The maximum absolute atomic E-state index is 9.05. The molecular weight excluding hydrogens is 242 g/mol. The summed E-state index contributed by atoms with van der Waals surface area (Å²) in [5.41, 5.74) is 7.23. The highest BCUT2D eigenvalue weighted by Crippen LogP contribution is 2.20. The SMILES string of the molecule is CCCN(CCO)Cc1ccc(OC)c(C(=N)N)c1. The zero-order valence-corrected chi connectivity index (χ0v) is 11.6. The average Bonchev–Trinajstić information content (AvgIpc) is 2.39. The summed E-state index contributed by atoms with van der Waals surface area (Å²) in [7, 11) is 1.57. The van der Waals surface area contributed by atoms with Crippen molar-refractivity contribution in [2.45, 2.75) is 19.9 Å². The number of nitrogens with zero attached hydrogens (tertiary/aromatic N) is 1. The van der Waals surface area contributed by atoms with Gasteiger partial charge in [-0.2, -0.15) is 0 Å². The van der Waals surface area contributed by atoms with Crippen molar-refractivity contribution in [3.05, 3.63) is 29.3 Å². The van der Waals surface area contributed by atoms with Gasteiger partial charge in [0.05, 0.1) is 19.3 Å². The van der Waals surface area contributed by atoms with Crippen LogP contribution in [0, 0.1) is 5.41 Å². The molecule has 0 radical (unpaired) electrons. The van der Waals surface area contributed by atoms with Crippen LogP contribution in [0.1, 0.15) is 24.5 Å². The van der Waals surface area contributed by atoms with E-state index >= 15 is 0 Å². The first-order valence-electron chi connectivity index (χ1n) is 6.46. The van der Waals surface area contributed by atoms with Crippen LogP contribution < -0.4 is 10.5 Å². The van der Waals surface area contributed by atoms with Gasteiger partial charge in [-0.15, -0.1) is 0 Å². The Kier molecular flexibility index (Phi) is 6.32. The van der Waals surface area contributed by atoms with Crippen LogP contribution in [0.15, 0.2) is 18.2 Å². The number of benzene rings is 1. The normalized spacial score (nSPS) is 10.7. The Morgan fingerprint density at radius 3 is 2.68 bits per heavy atom. The molecule has 0 aliphatic carbocycles. The molecule has 1 aromatic carbocycles. The first-order chi connectivity index (χ1) is 9.12. The van der Waals surface area contributed by atoms with Crippen LogP contribution in [-0.2, 0) is 6.54 Å². The minimum Gasteiger partial charge on any atom is -0.496 e. The predicted molar refractivity (Wildman–Crippen MR) is 76.7 cm³/mol. The lowest BCUT2D eigenvalue weighted by atomic mass is 10.1. The highest BCUT2D eigenvalue weighted by Gasteiger charge is 2.10. The van der Waals surface area contributed by atoms with Gasteiger partial charge >= 0.3 is 0 Å². The molecule has 0 saturated carbocycles. The Labute approximate surface area is 114 Å². The van der Waals surface area contributed by atoms with Gasteiger partial charge in [-0.1, -0.05) is 13.0 Å². The van der Waals surface area contributed by atoms with E-state index in [-0.39, 0.29) is 12.4 Å². The van der Waals surface area contributed by atoms with E-state index in [1.807, 2.05) is 18.2 Å². The smallest absolute Gasteiger partial charge is 0.129 e. The fourth-order valence-electron chi connectivity index (χ4n) is 2.05. The summed E-state index contributed by atoms with van der Waals surface area (Å²) in [5.74, 6) is 0.614. The van der Waals surface area contributed by atoms with Crippen molar-refractivity contribution in [2.75, 3.05) is 26.8 Å². The van der Waals surface area contributed by atoms with Gasteiger partial charge in [0.15, 0.2) is 0 Å². The lowest BCUT2D eigenvalue weighted by Crippen LogP contribution is -2.27. The number of hydrogen-bond donors (Lipinski definition) is 3. The van der Waals surface area contributed by atoms with Crippen molar-refractivity contribution in [3.8, 4) is 5.75 Å². The molecule has 19 heavy (non-hydrogen) atoms. The van der Waals surface area contributed by atoms with E-state index in [2.05, 4.69) is 11.8 Å². The number of nitrogens with two attached hydrogens (primary N) is 1. The number of nitrogens with one attached hydrogen (secondary N) is 1. The van der Waals surface area contributed by atoms with Crippen molar-refractivity contribution in [3.63, 3.8) is 0 Å². The quantitative estimate of drug-likeness (QED) is 0.487. The summed E-state index contributed by atoms with van der Waals surface area (Å²) in [4.78, 5) is 2.17. The number of aliphatic hydroxyl groups excluding tert-OH is 1. The van der Waals surface area contributed by atoms with E-state index in [0.29, 0.717) is 17.9 Å². The van der Waals surface area contributed by atoms with E-state index < -0.39 is 0 Å². The molecule has 0 bridgehead atoms. The minimum absolute atomic E-state index is 0.00268. The highest BCUT2D eigenvalue weighted by atomic mass is 16.5. The monoisotopic (exact) mass is 265 g/mol. The summed E-state index contributed by atoms with van der Waals surface area (Å²) in [6.45, 7) is 4.57. The van der Waals surface area contributed by atoms with Crippen molar-refractivity contribution >= 4 is 5.84 Å². The number of hydrogen-bond acceptors (Lipinski definition) is 4. The average molecular weight is 265 g/mol. The Morgan fingerprint density at radius 1 is 1.42 bits per heavy atom. The summed E-state index contributed by atoms with van der Waals surface area (Å²) in [6, 6.07) is 5.67. The molecule has 5 nitrogen and oxygen atoms in total. The van der Waals surface area contributed by atoms with E-state index in [0.717, 1.165) is 25.1 Å². The van der Waals surface area contributed by atoms with Crippen LogP contribution in [0.25, 0.3) is 0 Å². The zero-order valence-electron chi connectivity index (χ0n) is 11.6. The van der Waals surface area contributed by atoms with Gasteiger partial charge in [-0.3, -0.25) is 10.3 Å². The molecule has 0 amide bonds. The maximum Gasteiger partial charge on any atom is 0.129 e. The predicted octanol–water partition coefficient (Wildman–Crippen LogP) is 1.18. The largest absolute Gasteiger partial charge is 0.496 e. The van der Waals surface area contributed by atoms with Gasteiger partial charge in [0.25, 0.3) is 0 Å². The molecule has 0 unspecified atom stereocenters. The zero-order chi connectivity index (χ0) is 14.3. The van der Waals surface area contributed by atoms with Gasteiger partial charge in [0.1, 0.15) is 11.6 Å². The van der Waals surface area contributed by atoms with Crippen LogP contribution in [0.5, 0.6) is 5.75 Å². The van der Waals surface area contributed by atoms with Crippen molar-refractivity contribution in [1.29, 1.82) is 5.41 Å². The Morgan fingerprint density at radius 2 is 2.16 bits per heavy atom. The first-order valence-corrected chi connectivity index (χ1v) is 6.46. The molecule has 106 valence electrons. The molecule has 0 fully saturated rings. The fraction of sp³-hybridized carbons (Fsp3) is 0.500. The third-order valence-electron chi connectivity index (χ3n) is 2.92. The van der Waals surface area contributed by atoms with Gasteiger partial charge in [0.2, 0.25) is 0 Å². The molecule has 0 aromatic heterocycles. The molecule has 0 aliphatic heterocycles. The first kappa shape index (κ1) is 15.5. The van der Waals surface area contributed by atoms with Crippen molar-refractivity contribution < 1.29 is 9.84 Å². The molecule has 1 aromatic rings. The van der Waals surface area contributed by atoms with Crippen LogP contribution in [0.4, 0.5) is 0 Å². The van der Waals surface area contributed by atoms with E-state index in [4.69, 9.17) is 21.0 Å². The summed E-state index contributed by atoms with van der Waals surface area (Å²) >= 11 is 0. The number of nitrogen functional groups attached to an aromatic ring is 1. The van der Waals surface area contributed by atoms with E-state index in [9.17, 15) is 0 Å². The number of aliphatic hydroxyl groups is 1. The Bertz CT molecular complexity index is 415. The third kappa shape index (κ3) is 4.54. The molecule has 5 heteroatoms. The molecule has 1 rings (SSSR count). The molecule has 0 spiro atoms. The topological polar surface area (TPSA) is 82.6 Å². The fourth-order valence-corrected chi connectivity index (χ4v) is 2.05. The molecule has 0 saturated heterocycles. The number of methoxy groups -OCH3 is 1. The van der Waals surface area contributed by atoms with Crippen molar-refractivity contribution in [1.82, 2.24) is 4.90 Å². The maximum atomic E-state index is 9.05. The van der Waals surface area contributed by atoms with Gasteiger partial charge < -0.3 is 15.6 Å². The van der Waals surface area contributed by atoms with Gasteiger partial charge in [-0.25, -0.2) is 0 Å². The summed E-state index contributed by atoms with van der Waals surface area (Å²) in [5, 5.41) is 16.6. The van der Waals surface area contributed by atoms with Crippen LogP contribution >= 0.6 is 0 Å². The summed E-state index contributed by atoms with van der Waals surface area (Å²) < 4.78 is 5.19.